The summed E-state index contributed by atoms with van der Waals surface area (Å²) in [6.07, 6.45) is 3.68. The Morgan fingerprint density at radius 1 is 1.35 bits per heavy atom. The molecule has 0 radical (unpaired) electrons. The van der Waals surface area contributed by atoms with Crippen LogP contribution >= 0.6 is 23.5 Å². The average Bonchev–Trinajstić information content (AvgIpc) is 2.92. The van der Waals surface area contributed by atoms with Gasteiger partial charge in [-0.2, -0.15) is 15.1 Å². The molecular formula is C13H10N4OS2. The summed E-state index contributed by atoms with van der Waals surface area (Å²) in [5.74, 6) is -0.330. The molecule has 2 heterocycles. The highest BCUT2D eigenvalue weighted by Gasteiger charge is 2.32. The van der Waals surface area contributed by atoms with Gasteiger partial charge in [0.25, 0.3) is 5.91 Å². The monoisotopic (exact) mass is 302 g/mol. The second-order valence-corrected chi connectivity index (χ2v) is 5.72. The van der Waals surface area contributed by atoms with Crippen molar-refractivity contribution in [2.45, 2.75) is 4.90 Å². The van der Waals surface area contributed by atoms with E-state index in [-0.39, 0.29) is 11.4 Å². The van der Waals surface area contributed by atoms with Crippen molar-refractivity contribution in [1.29, 1.82) is 5.41 Å². The first-order valence-corrected chi connectivity index (χ1v) is 7.86. The van der Waals surface area contributed by atoms with Gasteiger partial charge in [-0.15, -0.1) is 11.8 Å². The number of benzene rings is 1. The van der Waals surface area contributed by atoms with E-state index in [1.807, 2.05) is 30.5 Å². The molecule has 0 aromatic heterocycles. The second kappa shape index (κ2) is 5.26. The van der Waals surface area contributed by atoms with Crippen molar-refractivity contribution in [3.05, 3.63) is 35.4 Å². The van der Waals surface area contributed by atoms with Crippen LogP contribution in [0, 0.1) is 5.41 Å². The number of carbonyl (C=O) groups excluding carboxylic acids is 1. The van der Waals surface area contributed by atoms with Crippen molar-refractivity contribution < 1.29 is 4.79 Å². The number of fused-ring (bicyclic) bond motifs is 1. The summed E-state index contributed by atoms with van der Waals surface area (Å²) in [6, 6.07) is 7.79. The maximum atomic E-state index is 12.0. The predicted octanol–water partition coefficient (Wildman–Crippen LogP) is 2.66. The standard InChI is InChI=1S/C13H10N4OS2/c1-19-9-4-2-8(3-5-9)6-10-11(14)17-13(16-12(10)18)20-7-15-17/h2-7,14H,1H3. The molecule has 1 aromatic rings. The summed E-state index contributed by atoms with van der Waals surface area (Å²) >= 11 is 2.90. The quantitative estimate of drug-likeness (QED) is 0.673. The number of rotatable bonds is 2. The average molecular weight is 302 g/mol. The van der Waals surface area contributed by atoms with Crippen molar-refractivity contribution in [2.24, 2.45) is 10.1 Å². The van der Waals surface area contributed by atoms with E-state index in [4.69, 9.17) is 5.41 Å². The molecule has 0 saturated carbocycles. The Bertz CT molecular complexity index is 676. The van der Waals surface area contributed by atoms with Gasteiger partial charge >= 0.3 is 0 Å². The van der Waals surface area contributed by atoms with Crippen LogP contribution in [-0.4, -0.2) is 33.7 Å². The Morgan fingerprint density at radius 3 is 2.80 bits per heavy atom. The summed E-state index contributed by atoms with van der Waals surface area (Å²) < 4.78 is 0. The fourth-order valence-corrected chi connectivity index (χ4v) is 2.82. The first-order valence-electron chi connectivity index (χ1n) is 5.76. The van der Waals surface area contributed by atoms with Gasteiger partial charge in [-0.3, -0.25) is 10.2 Å². The third-order valence-corrected chi connectivity index (χ3v) is 4.24. The van der Waals surface area contributed by atoms with E-state index in [9.17, 15) is 4.79 Å². The minimum Gasteiger partial charge on any atom is -0.282 e. The minimum atomic E-state index is -0.395. The molecule has 100 valence electrons. The van der Waals surface area contributed by atoms with E-state index in [1.165, 1.54) is 16.8 Å². The maximum absolute atomic E-state index is 12.0. The molecule has 7 heteroatoms. The third kappa shape index (κ3) is 2.30. The second-order valence-electron chi connectivity index (χ2n) is 4.03. The van der Waals surface area contributed by atoms with Crippen LogP contribution in [0.4, 0.5) is 0 Å². The van der Waals surface area contributed by atoms with E-state index in [0.717, 1.165) is 10.5 Å². The van der Waals surface area contributed by atoms with Crippen LogP contribution in [-0.2, 0) is 4.79 Å². The molecule has 0 bridgehead atoms. The molecule has 1 amide bonds. The topological polar surface area (TPSA) is 68.9 Å². The number of hydrogen-bond donors (Lipinski definition) is 1. The van der Waals surface area contributed by atoms with Gasteiger partial charge < -0.3 is 0 Å². The van der Waals surface area contributed by atoms with Crippen molar-refractivity contribution >= 4 is 52.1 Å². The number of amides is 1. The van der Waals surface area contributed by atoms with Crippen LogP contribution in [0.25, 0.3) is 6.08 Å². The molecule has 0 atom stereocenters. The lowest BCUT2D eigenvalue weighted by molar-refractivity contribution is -0.114. The molecule has 3 rings (SSSR count). The molecule has 2 aliphatic heterocycles. The summed E-state index contributed by atoms with van der Waals surface area (Å²) in [5.41, 5.74) is 2.69. The lowest BCUT2D eigenvalue weighted by atomic mass is 10.1. The predicted molar refractivity (Wildman–Crippen MR) is 84.3 cm³/mol. The highest BCUT2D eigenvalue weighted by atomic mass is 32.2. The van der Waals surface area contributed by atoms with Crippen LogP contribution in [0.15, 0.2) is 44.8 Å². The first kappa shape index (κ1) is 13.1. The first-order chi connectivity index (χ1) is 9.69. The van der Waals surface area contributed by atoms with E-state index < -0.39 is 5.91 Å². The van der Waals surface area contributed by atoms with Gasteiger partial charge in [0, 0.05) is 4.90 Å². The summed E-state index contributed by atoms with van der Waals surface area (Å²) in [4.78, 5) is 17.1. The number of aliphatic imine (C=N–C) groups is 1. The van der Waals surface area contributed by atoms with Crippen molar-refractivity contribution in [3.63, 3.8) is 0 Å². The van der Waals surface area contributed by atoms with Crippen LogP contribution in [0.3, 0.4) is 0 Å². The maximum Gasteiger partial charge on any atom is 0.283 e. The van der Waals surface area contributed by atoms with Crippen molar-refractivity contribution in [1.82, 2.24) is 5.01 Å². The van der Waals surface area contributed by atoms with E-state index in [0.29, 0.717) is 5.17 Å². The Labute approximate surface area is 124 Å². The Balaban J connectivity index is 1.96. The summed E-state index contributed by atoms with van der Waals surface area (Å²) in [5, 5.41) is 13.9. The Kier molecular flexibility index (Phi) is 3.45. The normalized spacial score (nSPS) is 19.6. The van der Waals surface area contributed by atoms with Crippen molar-refractivity contribution in [3.8, 4) is 0 Å². The van der Waals surface area contributed by atoms with Gasteiger partial charge in [0.05, 0.1) is 11.1 Å². The zero-order valence-electron chi connectivity index (χ0n) is 10.5. The molecular weight excluding hydrogens is 292 g/mol. The summed E-state index contributed by atoms with van der Waals surface area (Å²) in [6.45, 7) is 0. The zero-order valence-corrected chi connectivity index (χ0v) is 12.2. The van der Waals surface area contributed by atoms with Gasteiger partial charge in [-0.05, 0) is 41.8 Å². The largest absolute Gasteiger partial charge is 0.283 e. The molecule has 0 unspecified atom stereocenters. The van der Waals surface area contributed by atoms with Crippen molar-refractivity contribution in [2.75, 3.05) is 6.26 Å². The molecule has 20 heavy (non-hydrogen) atoms. The van der Waals surface area contributed by atoms with E-state index in [2.05, 4.69) is 10.1 Å². The van der Waals surface area contributed by atoms with Crippen LogP contribution < -0.4 is 0 Å². The molecule has 1 aromatic carbocycles. The number of nitrogens with one attached hydrogen (secondary N) is 1. The number of nitrogens with zero attached hydrogens (tertiary/aromatic N) is 3. The fraction of sp³-hybridized carbons (Fsp3) is 0.0769. The van der Waals surface area contributed by atoms with Gasteiger partial charge in [0.15, 0.2) is 11.0 Å². The fourth-order valence-electron chi connectivity index (χ4n) is 1.80. The van der Waals surface area contributed by atoms with Gasteiger partial charge in [-0.1, -0.05) is 12.1 Å². The highest BCUT2D eigenvalue weighted by molar-refractivity contribution is 8.25. The highest BCUT2D eigenvalue weighted by Crippen LogP contribution is 2.25. The van der Waals surface area contributed by atoms with Crippen LogP contribution in [0.2, 0.25) is 0 Å². The molecule has 2 aliphatic rings. The number of hydrogen-bond acceptors (Lipinski definition) is 5. The molecule has 1 N–H and O–H groups in total. The van der Waals surface area contributed by atoms with Gasteiger partial charge in [0.2, 0.25) is 0 Å². The lowest BCUT2D eigenvalue weighted by Crippen LogP contribution is -2.35. The molecule has 0 fully saturated rings. The van der Waals surface area contributed by atoms with E-state index in [1.54, 1.807) is 23.4 Å². The number of carbonyl (C=O) groups is 1. The van der Waals surface area contributed by atoms with Crippen LogP contribution in [0.5, 0.6) is 0 Å². The number of thioether (sulfide) groups is 2. The number of amidine groups is 2. The summed E-state index contributed by atoms with van der Waals surface area (Å²) in [7, 11) is 0. The Morgan fingerprint density at radius 2 is 2.10 bits per heavy atom. The molecule has 0 saturated heterocycles. The Hall–Kier alpha value is -1.86. The van der Waals surface area contributed by atoms with Gasteiger partial charge in [0.1, 0.15) is 0 Å². The smallest absolute Gasteiger partial charge is 0.282 e. The minimum absolute atomic E-state index is 0.0650. The van der Waals surface area contributed by atoms with Gasteiger partial charge in [-0.25, -0.2) is 0 Å². The van der Waals surface area contributed by atoms with Crippen LogP contribution in [0.1, 0.15) is 5.56 Å². The SMILES string of the molecule is CSc1ccc(C=C2C(=N)N3N=CSC3=NC2=O)cc1. The lowest BCUT2D eigenvalue weighted by Gasteiger charge is -2.20. The zero-order chi connectivity index (χ0) is 14.1. The van der Waals surface area contributed by atoms with E-state index >= 15 is 0 Å². The number of hydrazone groups is 1. The molecule has 5 nitrogen and oxygen atoms in total. The third-order valence-electron chi connectivity index (χ3n) is 2.82. The molecule has 0 spiro atoms. The molecule has 0 aliphatic carbocycles.